The molecule has 0 saturated heterocycles. The first-order chi connectivity index (χ1) is 6.81. The molecule has 72 valence electrons. The molecule has 0 saturated carbocycles. The van der Waals surface area contributed by atoms with Crippen LogP contribution in [0.1, 0.15) is 5.56 Å². The Labute approximate surface area is 83.0 Å². The van der Waals surface area contributed by atoms with Gasteiger partial charge in [0.25, 0.3) is 0 Å². The van der Waals surface area contributed by atoms with Crippen molar-refractivity contribution in [3.8, 4) is 5.75 Å². The minimum Gasteiger partial charge on any atom is -0.508 e. The summed E-state index contributed by atoms with van der Waals surface area (Å²) in [4.78, 5) is 0. The molecule has 0 amide bonds. The minimum absolute atomic E-state index is 0.308. The van der Waals surface area contributed by atoms with Gasteiger partial charge < -0.3 is 10.8 Å². The molecule has 2 nitrogen and oxygen atoms in total. The summed E-state index contributed by atoms with van der Waals surface area (Å²) in [6, 6.07) is 11.5. The SMILES string of the molecule is NCCc1cccc2cc(O)ccc12. The van der Waals surface area contributed by atoms with Gasteiger partial charge in [0.05, 0.1) is 0 Å². The summed E-state index contributed by atoms with van der Waals surface area (Å²) in [5.41, 5.74) is 6.77. The van der Waals surface area contributed by atoms with Gasteiger partial charge in [0.2, 0.25) is 0 Å². The summed E-state index contributed by atoms with van der Waals surface area (Å²) in [5.74, 6) is 0.308. The largest absolute Gasteiger partial charge is 0.508 e. The summed E-state index contributed by atoms with van der Waals surface area (Å²) < 4.78 is 0. The lowest BCUT2D eigenvalue weighted by atomic mass is 10.0. The first kappa shape index (κ1) is 9.03. The predicted molar refractivity (Wildman–Crippen MR) is 58.4 cm³/mol. The van der Waals surface area contributed by atoms with Gasteiger partial charge in [-0.3, -0.25) is 0 Å². The van der Waals surface area contributed by atoms with Gasteiger partial charge >= 0.3 is 0 Å². The van der Waals surface area contributed by atoms with E-state index in [1.54, 1.807) is 12.1 Å². The van der Waals surface area contributed by atoms with Crippen molar-refractivity contribution in [3.05, 3.63) is 42.0 Å². The standard InChI is InChI=1S/C12H13NO/c13-7-6-9-2-1-3-10-8-11(14)4-5-12(9)10/h1-5,8,14H,6-7,13H2. The van der Waals surface area contributed by atoms with Crippen LogP contribution in [0.4, 0.5) is 0 Å². The highest BCUT2D eigenvalue weighted by atomic mass is 16.3. The van der Waals surface area contributed by atoms with Crippen LogP contribution in [0.3, 0.4) is 0 Å². The molecule has 0 spiro atoms. The van der Waals surface area contributed by atoms with Gasteiger partial charge in [-0.2, -0.15) is 0 Å². The Hall–Kier alpha value is -1.54. The lowest BCUT2D eigenvalue weighted by Crippen LogP contribution is -2.02. The van der Waals surface area contributed by atoms with Gasteiger partial charge in [-0.15, -0.1) is 0 Å². The Morgan fingerprint density at radius 3 is 2.79 bits per heavy atom. The van der Waals surface area contributed by atoms with Crippen LogP contribution in [0.15, 0.2) is 36.4 Å². The average Bonchev–Trinajstić information content (AvgIpc) is 2.18. The Kier molecular flexibility index (Phi) is 2.37. The zero-order chi connectivity index (χ0) is 9.97. The maximum Gasteiger partial charge on any atom is 0.116 e. The highest BCUT2D eigenvalue weighted by Gasteiger charge is 2.00. The van der Waals surface area contributed by atoms with Crippen molar-refractivity contribution in [1.29, 1.82) is 0 Å². The van der Waals surface area contributed by atoms with Gasteiger partial charge in [0.1, 0.15) is 5.75 Å². The summed E-state index contributed by atoms with van der Waals surface area (Å²) in [5, 5.41) is 11.6. The Bertz CT molecular complexity index is 451. The summed E-state index contributed by atoms with van der Waals surface area (Å²) >= 11 is 0. The number of hydrogen-bond donors (Lipinski definition) is 2. The van der Waals surface area contributed by atoms with E-state index in [0.717, 1.165) is 11.8 Å². The van der Waals surface area contributed by atoms with E-state index in [1.807, 2.05) is 18.2 Å². The number of fused-ring (bicyclic) bond motifs is 1. The monoisotopic (exact) mass is 187 g/mol. The van der Waals surface area contributed by atoms with E-state index >= 15 is 0 Å². The molecule has 2 aromatic rings. The van der Waals surface area contributed by atoms with Crippen molar-refractivity contribution >= 4 is 10.8 Å². The molecule has 0 aliphatic heterocycles. The van der Waals surface area contributed by atoms with Gasteiger partial charge in [-0.05, 0) is 41.4 Å². The van der Waals surface area contributed by atoms with Gasteiger partial charge in [0, 0.05) is 0 Å². The highest BCUT2D eigenvalue weighted by molar-refractivity contribution is 5.86. The Balaban J connectivity index is 2.62. The number of benzene rings is 2. The van der Waals surface area contributed by atoms with Gasteiger partial charge in [-0.1, -0.05) is 24.3 Å². The molecule has 0 aliphatic carbocycles. The Morgan fingerprint density at radius 2 is 2.00 bits per heavy atom. The van der Waals surface area contributed by atoms with E-state index < -0.39 is 0 Å². The van der Waals surface area contributed by atoms with Crippen LogP contribution in [0.5, 0.6) is 5.75 Å². The van der Waals surface area contributed by atoms with Crippen molar-refractivity contribution in [2.45, 2.75) is 6.42 Å². The lowest BCUT2D eigenvalue weighted by Gasteiger charge is -2.05. The Morgan fingerprint density at radius 1 is 1.14 bits per heavy atom. The fourth-order valence-electron chi connectivity index (χ4n) is 1.71. The molecule has 2 rings (SSSR count). The quantitative estimate of drug-likeness (QED) is 0.755. The van der Waals surface area contributed by atoms with Crippen LogP contribution in [-0.4, -0.2) is 11.7 Å². The van der Waals surface area contributed by atoms with Crippen molar-refractivity contribution in [1.82, 2.24) is 0 Å². The molecule has 0 aliphatic rings. The first-order valence-electron chi connectivity index (χ1n) is 4.72. The van der Waals surface area contributed by atoms with Gasteiger partial charge in [-0.25, -0.2) is 0 Å². The zero-order valence-electron chi connectivity index (χ0n) is 7.90. The van der Waals surface area contributed by atoms with E-state index in [1.165, 1.54) is 10.9 Å². The fraction of sp³-hybridized carbons (Fsp3) is 0.167. The van der Waals surface area contributed by atoms with Crippen molar-refractivity contribution in [2.75, 3.05) is 6.54 Å². The topological polar surface area (TPSA) is 46.2 Å². The second kappa shape index (κ2) is 3.68. The summed E-state index contributed by atoms with van der Waals surface area (Å²) in [6.07, 6.45) is 0.877. The third-order valence-corrected chi connectivity index (χ3v) is 2.37. The maximum atomic E-state index is 9.33. The van der Waals surface area contributed by atoms with Crippen molar-refractivity contribution in [2.24, 2.45) is 5.73 Å². The first-order valence-corrected chi connectivity index (χ1v) is 4.72. The third-order valence-electron chi connectivity index (χ3n) is 2.37. The summed E-state index contributed by atoms with van der Waals surface area (Å²) in [6.45, 7) is 0.653. The second-order valence-corrected chi connectivity index (χ2v) is 3.36. The highest BCUT2D eigenvalue weighted by Crippen LogP contribution is 2.23. The number of nitrogens with two attached hydrogens (primary N) is 1. The number of rotatable bonds is 2. The molecule has 2 aromatic carbocycles. The normalized spacial score (nSPS) is 10.6. The molecule has 0 radical (unpaired) electrons. The predicted octanol–water partition coefficient (Wildman–Crippen LogP) is 2.05. The molecule has 0 heterocycles. The van der Waals surface area contributed by atoms with Crippen LogP contribution >= 0.6 is 0 Å². The number of phenolic OH excluding ortho intramolecular Hbond substituents is 1. The molecule has 14 heavy (non-hydrogen) atoms. The number of aromatic hydroxyl groups is 1. The number of phenols is 1. The number of hydrogen-bond acceptors (Lipinski definition) is 2. The van der Waals surface area contributed by atoms with E-state index in [9.17, 15) is 5.11 Å². The fourth-order valence-corrected chi connectivity index (χ4v) is 1.71. The van der Waals surface area contributed by atoms with Crippen molar-refractivity contribution < 1.29 is 5.11 Å². The van der Waals surface area contributed by atoms with Crippen LogP contribution in [0.2, 0.25) is 0 Å². The molecule has 0 atom stereocenters. The van der Waals surface area contributed by atoms with E-state index in [-0.39, 0.29) is 0 Å². The van der Waals surface area contributed by atoms with Crippen LogP contribution in [0.25, 0.3) is 10.8 Å². The van der Waals surface area contributed by atoms with Crippen LogP contribution in [0, 0.1) is 0 Å². The molecule has 2 heteroatoms. The minimum atomic E-state index is 0.308. The average molecular weight is 187 g/mol. The van der Waals surface area contributed by atoms with E-state index in [2.05, 4.69) is 6.07 Å². The van der Waals surface area contributed by atoms with Crippen molar-refractivity contribution in [3.63, 3.8) is 0 Å². The van der Waals surface area contributed by atoms with E-state index in [4.69, 9.17) is 5.73 Å². The summed E-state index contributed by atoms with van der Waals surface area (Å²) in [7, 11) is 0. The smallest absolute Gasteiger partial charge is 0.116 e. The van der Waals surface area contributed by atoms with Gasteiger partial charge in [0.15, 0.2) is 0 Å². The third kappa shape index (κ3) is 1.56. The zero-order valence-corrected chi connectivity index (χ0v) is 7.90. The molecule has 0 unspecified atom stereocenters. The molecule has 0 fully saturated rings. The molecule has 3 N–H and O–H groups in total. The maximum absolute atomic E-state index is 9.33. The second-order valence-electron chi connectivity index (χ2n) is 3.36. The lowest BCUT2D eigenvalue weighted by molar-refractivity contribution is 0.476. The molecule has 0 aromatic heterocycles. The van der Waals surface area contributed by atoms with E-state index in [0.29, 0.717) is 12.3 Å². The van der Waals surface area contributed by atoms with Crippen LogP contribution < -0.4 is 5.73 Å². The molecular formula is C12H13NO. The molecular weight excluding hydrogens is 174 g/mol. The molecule has 0 bridgehead atoms. The van der Waals surface area contributed by atoms with Crippen LogP contribution in [-0.2, 0) is 6.42 Å².